The smallest absolute Gasteiger partial charge is 0.323 e. The molecule has 0 fully saturated rings. The van der Waals surface area contributed by atoms with Gasteiger partial charge >= 0.3 is 5.69 Å². The second-order valence-corrected chi connectivity index (χ2v) is 4.25. The first-order valence-electron chi connectivity index (χ1n) is 6.32. The van der Waals surface area contributed by atoms with E-state index in [9.17, 15) is 20.0 Å². The van der Waals surface area contributed by atoms with Gasteiger partial charge in [-0.2, -0.15) is 5.10 Å². The fraction of sp³-hybridized carbons (Fsp3) is 0.0714. The normalized spacial score (nSPS) is 10.5. The number of nitro benzene ring substituents is 1. The standard InChI is InChI=1S/C14H12N4O5/c1-23-13-11(19)5-4-9(12(13)18(21)22)8-16-17-14(20)10-3-2-6-15-7-10/h2-8,19H,1H3,(H,17,20)/b16-8-. The Bertz CT molecular complexity index is 761. The van der Waals surface area contributed by atoms with E-state index in [0.29, 0.717) is 5.56 Å². The number of nitro groups is 1. The highest BCUT2D eigenvalue weighted by Crippen LogP contribution is 2.37. The molecule has 1 aromatic carbocycles. The molecular formula is C14H12N4O5. The first-order valence-corrected chi connectivity index (χ1v) is 6.32. The van der Waals surface area contributed by atoms with Crippen molar-refractivity contribution >= 4 is 17.8 Å². The van der Waals surface area contributed by atoms with Crippen molar-refractivity contribution in [3.8, 4) is 11.5 Å². The van der Waals surface area contributed by atoms with E-state index in [1.807, 2.05) is 0 Å². The highest BCUT2D eigenvalue weighted by Gasteiger charge is 2.23. The molecule has 0 saturated heterocycles. The average molecular weight is 316 g/mol. The van der Waals surface area contributed by atoms with Crippen LogP contribution in [0.5, 0.6) is 11.5 Å². The van der Waals surface area contributed by atoms with Crippen LogP contribution in [-0.2, 0) is 0 Å². The summed E-state index contributed by atoms with van der Waals surface area (Å²) in [5.74, 6) is -1.16. The van der Waals surface area contributed by atoms with Crippen molar-refractivity contribution < 1.29 is 19.6 Å². The van der Waals surface area contributed by atoms with Crippen LogP contribution < -0.4 is 10.2 Å². The Morgan fingerprint density at radius 3 is 2.87 bits per heavy atom. The molecule has 9 heteroatoms. The molecule has 0 bridgehead atoms. The molecular weight excluding hydrogens is 304 g/mol. The van der Waals surface area contributed by atoms with Gasteiger partial charge in [0.1, 0.15) is 0 Å². The molecule has 23 heavy (non-hydrogen) atoms. The maximum Gasteiger partial charge on any atom is 0.323 e. The maximum atomic E-state index is 11.8. The Labute approximate surface area is 130 Å². The number of hydrazone groups is 1. The molecule has 118 valence electrons. The summed E-state index contributed by atoms with van der Waals surface area (Å²) in [6.45, 7) is 0. The Morgan fingerprint density at radius 2 is 2.26 bits per heavy atom. The summed E-state index contributed by atoms with van der Waals surface area (Å²) in [7, 11) is 1.20. The number of carbonyl (C=O) groups excluding carboxylic acids is 1. The second kappa shape index (κ2) is 6.98. The average Bonchev–Trinajstić information content (AvgIpc) is 2.56. The maximum absolute atomic E-state index is 11.8. The summed E-state index contributed by atoms with van der Waals surface area (Å²) in [5.41, 5.74) is 2.14. The lowest BCUT2D eigenvalue weighted by atomic mass is 10.1. The van der Waals surface area contributed by atoms with Gasteiger partial charge < -0.3 is 9.84 Å². The summed E-state index contributed by atoms with van der Waals surface area (Å²) in [6.07, 6.45) is 3.97. The van der Waals surface area contributed by atoms with Gasteiger partial charge in [0, 0.05) is 12.4 Å². The Kier molecular flexibility index (Phi) is 4.82. The minimum absolute atomic E-state index is 0.0659. The van der Waals surface area contributed by atoms with E-state index in [4.69, 9.17) is 4.74 Å². The van der Waals surface area contributed by atoms with Crippen LogP contribution >= 0.6 is 0 Å². The lowest BCUT2D eigenvalue weighted by Gasteiger charge is -2.06. The Morgan fingerprint density at radius 1 is 1.48 bits per heavy atom. The van der Waals surface area contributed by atoms with E-state index in [1.165, 1.54) is 31.6 Å². The SMILES string of the molecule is COc1c(O)ccc(/C=N\NC(=O)c2cccnc2)c1[N+](=O)[O-]. The summed E-state index contributed by atoms with van der Waals surface area (Å²) < 4.78 is 4.83. The quantitative estimate of drug-likeness (QED) is 0.488. The molecule has 0 radical (unpaired) electrons. The number of hydrogen-bond acceptors (Lipinski definition) is 7. The van der Waals surface area contributed by atoms with E-state index < -0.39 is 16.5 Å². The largest absolute Gasteiger partial charge is 0.504 e. The van der Waals surface area contributed by atoms with E-state index in [0.717, 1.165) is 6.21 Å². The van der Waals surface area contributed by atoms with Crippen molar-refractivity contribution in [2.45, 2.75) is 0 Å². The van der Waals surface area contributed by atoms with Crippen LogP contribution in [0, 0.1) is 10.1 Å². The molecule has 1 aromatic heterocycles. The van der Waals surface area contributed by atoms with Gasteiger partial charge in [-0.3, -0.25) is 19.9 Å². The van der Waals surface area contributed by atoms with Gasteiger partial charge in [-0.15, -0.1) is 0 Å². The zero-order valence-corrected chi connectivity index (χ0v) is 12.0. The van der Waals surface area contributed by atoms with Gasteiger partial charge in [0.2, 0.25) is 5.75 Å². The van der Waals surface area contributed by atoms with Crippen molar-refractivity contribution in [2.24, 2.45) is 5.10 Å². The van der Waals surface area contributed by atoms with Crippen LogP contribution in [0.2, 0.25) is 0 Å². The van der Waals surface area contributed by atoms with Crippen LogP contribution in [0.1, 0.15) is 15.9 Å². The van der Waals surface area contributed by atoms with Gasteiger partial charge in [0.25, 0.3) is 5.91 Å². The number of methoxy groups -OCH3 is 1. The zero-order chi connectivity index (χ0) is 16.8. The van der Waals surface area contributed by atoms with Crippen molar-refractivity contribution in [2.75, 3.05) is 7.11 Å². The van der Waals surface area contributed by atoms with Gasteiger partial charge in [-0.1, -0.05) is 0 Å². The number of phenolic OH excluding ortho intramolecular Hbond substituents is 1. The second-order valence-electron chi connectivity index (χ2n) is 4.25. The van der Waals surface area contributed by atoms with E-state index >= 15 is 0 Å². The van der Waals surface area contributed by atoms with Gasteiger partial charge in [0.05, 0.1) is 29.4 Å². The zero-order valence-electron chi connectivity index (χ0n) is 12.0. The molecule has 2 aromatic rings. The highest BCUT2D eigenvalue weighted by atomic mass is 16.6. The molecule has 2 rings (SSSR count). The number of hydrogen-bond donors (Lipinski definition) is 2. The third-order valence-corrected chi connectivity index (χ3v) is 2.82. The number of benzene rings is 1. The lowest BCUT2D eigenvalue weighted by molar-refractivity contribution is -0.386. The molecule has 2 N–H and O–H groups in total. The van der Waals surface area contributed by atoms with Crippen LogP contribution in [-0.4, -0.2) is 34.2 Å². The van der Waals surface area contributed by atoms with Crippen molar-refractivity contribution in [1.29, 1.82) is 0 Å². The van der Waals surface area contributed by atoms with E-state index in [2.05, 4.69) is 15.5 Å². The summed E-state index contributed by atoms with van der Waals surface area (Å²) in [6, 6.07) is 5.66. The number of ether oxygens (including phenoxy) is 1. The Balaban J connectivity index is 2.23. The van der Waals surface area contributed by atoms with Crippen LogP contribution in [0.25, 0.3) is 0 Å². The molecule has 1 heterocycles. The van der Waals surface area contributed by atoms with Crippen molar-refractivity contribution in [1.82, 2.24) is 10.4 Å². The predicted molar refractivity (Wildman–Crippen MR) is 80.6 cm³/mol. The Hall–Kier alpha value is -3.49. The number of amides is 1. The first kappa shape index (κ1) is 15.9. The molecule has 0 aliphatic carbocycles. The number of aromatic nitrogens is 1. The predicted octanol–water partition coefficient (Wildman–Crippen LogP) is 1.47. The molecule has 0 unspecified atom stereocenters. The third kappa shape index (κ3) is 3.59. The van der Waals surface area contributed by atoms with Crippen LogP contribution in [0.4, 0.5) is 5.69 Å². The summed E-state index contributed by atoms with van der Waals surface area (Å²) >= 11 is 0. The van der Waals surface area contributed by atoms with E-state index in [1.54, 1.807) is 12.1 Å². The summed E-state index contributed by atoms with van der Waals surface area (Å²) in [5, 5.41) is 24.4. The minimum Gasteiger partial charge on any atom is -0.504 e. The van der Waals surface area contributed by atoms with E-state index in [-0.39, 0.29) is 17.1 Å². The minimum atomic E-state index is -0.706. The molecule has 0 saturated carbocycles. The first-order chi connectivity index (χ1) is 11.0. The van der Waals surface area contributed by atoms with Crippen LogP contribution in [0.3, 0.4) is 0 Å². The topological polar surface area (TPSA) is 127 Å². The van der Waals surface area contributed by atoms with Crippen molar-refractivity contribution in [3.63, 3.8) is 0 Å². The highest BCUT2D eigenvalue weighted by molar-refractivity contribution is 5.95. The molecule has 1 amide bonds. The van der Waals surface area contributed by atoms with Gasteiger partial charge in [0.15, 0.2) is 5.75 Å². The number of pyridine rings is 1. The monoisotopic (exact) mass is 316 g/mol. The van der Waals surface area contributed by atoms with Gasteiger partial charge in [-0.05, 0) is 24.3 Å². The number of nitrogens with zero attached hydrogens (tertiary/aromatic N) is 3. The van der Waals surface area contributed by atoms with Crippen LogP contribution in [0.15, 0.2) is 41.8 Å². The molecule has 0 spiro atoms. The number of carbonyl (C=O) groups is 1. The lowest BCUT2D eigenvalue weighted by Crippen LogP contribution is -2.17. The number of phenols is 1. The molecule has 0 aliphatic rings. The summed E-state index contributed by atoms with van der Waals surface area (Å²) in [4.78, 5) is 26.0. The number of rotatable bonds is 5. The third-order valence-electron chi connectivity index (χ3n) is 2.82. The number of aromatic hydroxyl groups is 1. The molecule has 9 nitrogen and oxygen atoms in total. The molecule has 0 atom stereocenters. The fourth-order valence-corrected chi connectivity index (χ4v) is 1.79. The molecule has 0 aliphatic heterocycles. The van der Waals surface area contributed by atoms with Gasteiger partial charge in [-0.25, -0.2) is 5.43 Å². The fourth-order valence-electron chi connectivity index (χ4n) is 1.79. The van der Waals surface area contributed by atoms with Crippen molar-refractivity contribution in [3.05, 3.63) is 57.9 Å². The number of nitrogens with one attached hydrogen (secondary N) is 1.